The van der Waals surface area contributed by atoms with E-state index in [1.165, 1.54) is 12.1 Å². The zero-order chi connectivity index (χ0) is 15.7. The molecule has 1 aliphatic rings. The van der Waals surface area contributed by atoms with Crippen molar-refractivity contribution in [2.24, 2.45) is 4.99 Å². The molecule has 2 aromatic rings. The van der Waals surface area contributed by atoms with Crippen molar-refractivity contribution in [1.29, 1.82) is 0 Å². The Hall–Kier alpha value is -2.12. The van der Waals surface area contributed by atoms with Crippen LogP contribution in [0, 0.1) is 0 Å². The van der Waals surface area contributed by atoms with Gasteiger partial charge in [-0.25, -0.2) is 4.99 Å². The van der Waals surface area contributed by atoms with Crippen LogP contribution in [0.1, 0.15) is 22.9 Å². The molecule has 0 saturated carbocycles. The summed E-state index contributed by atoms with van der Waals surface area (Å²) in [4.78, 5) is 13.3. The number of hydrogen-bond donors (Lipinski definition) is 1. The van der Waals surface area contributed by atoms with Crippen molar-refractivity contribution in [1.82, 2.24) is 10.5 Å². The molecule has 1 aromatic heterocycles. The number of aliphatic imine (C=N–C) groups is 1. The van der Waals surface area contributed by atoms with Gasteiger partial charge in [0.2, 0.25) is 5.90 Å². The highest BCUT2D eigenvalue weighted by Crippen LogP contribution is 2.35. The van der Waals surface area contributed by atoms with Gasteiger partial charge < -0.3 is 4.84 Å². The van der Waals surface area contributed by atoms with Gasteiger partial charge in [-0.1, -0.05) is 11.6 Å². The van der Waals surface area contributed by atoms with E-state index >= 15 is 0 Å². The lowest BCUT2D eigenvalue weighted by Crippen LogP contribution is -2.15. The molecule has 22 heavy (non-hydrogen) atoms. The number of halogens is 4. The van der Waals surface area contributed by atoms with Gasteiger partial charge in [0, 0.05) is 18.0 Å². The number of hydroxylamine groups is 1. The third kappa shape index (κ3) is 2.90. The van der Waals surface area contributed by atoms with E-state index in [4.69, 9.17) is 16.4 Å². The van der Waals surface area contributed by atoms with E-state index in [0.717, 1.165) is 11.6 Å². The maximum atomic E-state index is 12.9. The molecule has 0 saturated heterocycles. The molecule has 0 bridgehead atoms. The average Bonchev–Trinajstić information content (AvgIpc) is 2.97. The maximum Gasteiger partial charge on any atom is 0.417 e. The molecule has 4 nitrogen and oxygen atoms in total. The first kappa shape index (κ1) is 14.8. The Labute approximate surface area is 128 Å². The van der Waals surface area contributed by atoms with E-state index in [1.54, 1.807) is 24.5 Å². The summed E-state index contributed by atoms with van der Waals surface area (Å²) in [6.07, 6.45) is -1.85. The Morgan fingerprint density at radius 2 is 1.86 bits per heavy atom. The third-order valence-electron chi connectivity index (χ3n) is 3.05. The Morgan fingerprint density at radius 1 is 1.14 bits per heavy atom. The number of hydrogen-bond acceptors (Lipinski definition) is 4. The monoisotopic (exact) mass is 327 g/mol. The summed E-state index contributed by atoms with van der Waals surface area (Å²) in [6, 6.07) is 6.98. The van der Waals surface area contributed by atoms with E-state index in [2.05, 4.69) is 15.5 Å². The lowest BCUT2D eigenvalue weighted by atomic mass is 10.1. The second kappa shape index (κ2) is 5.58. The van der Waals surface area contributed by atoms with Crippen LogP contribution >= 0.6 is 11.6 Å². The van der Waals surface area contributed by atoms with Crippen LogP contribution in [0.5, 0.6) is 0 Å². The molecule has 2 heterocycles. The van der Waals surface area contributed by atoms with E-state index in [0.29, 0.717) is 0 Å². The van der Waals surface area contributed by atoms with Crippen LogP contribution < -0.4 is 5.48 Å². The van der Waals surface area contributed by atoms with Crippen LogP contribution in [0.2, 0.25) is 5.02 Å². The Morgan fingerprint density at radius 3 is 2.55 bits per heavy atom. The van der Waals surface area contributed by atoms with Crippen molar-refractivity contribution in [3.63, 3.8) is 0 Å². The number of benzene rings is 1. The van der Waals surface area contributed by atoms with Crippen molar-refractivity contribution in [3.8, 4) is 0 Å². The smallest absolute Gasteiger partial charge is 0.386 e. The minimum absolute atomic E-state index is 0.0731. The second-order valence-electron chi connectivity index (χ2n) is 4.53. The first-order chi connectivity index (χ1) is 10.4. The summed E-state index contributed by atoms with van der Waals surface area (Å²) in [5, 5.41) is -0.367. The van der Waals surface area contributed by atoms with Crippen molar-refractivity contribution >= 4 is 17.5 Å². The molecular formula is C14H9ClF3N3O. The second-order valence-corrected chi connectivity index (χ2v) is 4.94. The lowest BCUT2D eigenvalue weighted by Gasteiger charge is -2.10. The molecule has 1 aromatic carbocycles. The predicted molar refractivity (Wildman–Crippen MR) is 74.2 cm³/mol. The quantitative estimate of drug-likeness (QED) is 0.914. The number of nitrogens with zero attached hydrogens (tertiary/aromatic N) is 2. The van der Waals surface area contributed by atoms with Crippen molar-refractivity contribution in [2.75, 3.05) is 0 Å². The average molecular weight is 328 g/mol. The summed E-state index contributed by atoms with van der Waals surface area (Å²) in [5.74, 6) is 0.0731. The summed E-state index contributed by atoms with van der Waals surface area (Å²) < 4.78 is 38.6. The van der Waals surface area contributed by atoms with Crippen LogP contribution in [0.3, 0.4) is 0 Å². The molecule has 0 radical (unpaired) electrons. The molecule has 1 unspecified atom stereocenters. The molecule has 8 heteroatoms. The number of rotatable bonds is 2. The van der Waals surface area contributed by atoms with Crippen LogP contribution in [-0.2, 0) is 11.0 Å². The predicted octanol–water partition coefficient (Wildman–Crippen LogP) is 3.73. The van der Waals surface area contributed by atoms with Crippen LogP contribution in [0.15, 0.2) is 47.7 Å². The molecule has 0 aliphatic carbocycles. The normalized spacial score (nSPS) is 18.0. The van der Waals surface area contributed by atoms with Crippen molar-refractivity contribution < 1.29 is 18.0 Å². The molecule has 3 rings (SSSR count). The van der Waals surface area contributed by atoms with Crippen LogP contribution in [0.4, 0.5) is 13.2 Å². The fraction of sp³-hybridized carbons (Fsp3) is 0.143. The standard InChI is InChI=1S/C14H9ClF3N3O/c15-11-2-1-9(7-10(11)14(16,17)18)13-20-12(21-22-13)8-3-5-19-6-4-8/h1-7,12,21H. The summed E-state index contributed by atoms with van der Waals surface area (Å²) in [6.45, 7) is 0. The fourth-order valence-corrected chi connectivity index (χ4v) is 2.20. The number of aromatic nitrogens is 1. The molecule has 0 spiro atoms. The summed E-state index contributed by atoms with van der Waals surface area (Å²) in [5.41, 5.74) is 2.71. The van der Waals surface area contributed by atoms with E-state index in [1.807, 2.05) is 0 Å². The topological polar surface area (TPSA) is 46.5 Å². The maximum absolute atomic E-state index is 12.9. The molecule has 0 amide bonds. The summed E-state index contributed by atoms with van der Waals surface area (Å²) >= 11 is 5.59. The molecule has 1 N–H and O–H groups in total. The molecular weight excluding hydrogens is 319 g/mol. The van der Waals surface area contributed by atoms with Crippen LogP contribution in [0.25, 0.3) is 0 Å². The van der Waals surface area contributed by atoms with Crippen molar-refractivity contribution in [3.05, 3.63) is 64.4 Å². The Balaban J connectivity index is 1.93. The SMILES string of the molecule is FC(F)(F)c1cc(C2=NC(c3ccncc3)NO2)ccc1Cl. The first-order valence-corrected chi connectivity index (χ1v) is 6.60. The Kier molecular flexibility index (Phi) is 3.76. The highest BCUT2D eigenvalue weighted by molar-refractivity contribution is 6.31. The largest absolute Gasteiger partial charge is 0.417 e. The molecule has 1 atom stereocenters. The molecule has 1 aliphatic heterocycles. The van der Waals surface area contributed by atoms with Crippen molar-refractivity contribution in [2.45, 2.75) is 12.3 Å². The van der Waals surface area contributed by atoms with E-state index in [-0.39, 0.29) is 16.5 Å². The van der Waals surface area contributed by atoms with Gasteiger partial charge in [-0.15, -0.1) is 5.48 Å². The Bertz CT molecular complexity index is 719. The highest BCUT2D eigenvalue weighted by atomic mass is 35.5. The zero-order valence-corrected chi connectivity index (χ0v) is 11.7. The molecule has 114 valence electrons. The fourth-order valence-electron chi connectivity index (χ4n) is 1.98. The van der Waals surface area contributed by atoms with Gasteiger partial charge in [-0.05, 0) is 35.9 Å². The first-order valence-electron chi connectivity index (χ1n) is 6.22. The number of alkyl halides is 3. The van der Waals surface area contributed by atoms with Crippen LogP contribution in [-0.4, -0.2) is 10.9 Å². The van der Waals surface area contributed by atoms with Gasteiger partial charge in [-0.3, -0.25) is 4.98 Å². The number of pyridine rings is 1. The number of nitrogens with one attached hydrogen (secondary N) is 1. The lowest BCUT2D eigenvalue weighted by molar-refractivity contribution is -0.137. The van der Waals surface area contributed by atoms with Gasteiger partial charge in [0.05, 0.1) is 10.6 Å². The third-order valence-corrected chi connectivity index (χ3v) is 3.38. The highest BCUT2D eigenvalue weighted by Gasteiger charge is 2.34. The minimum atomic E-state index is -4.54. The molecule has 0 fully saturated rings. The van der Waals surface area contributed by atoms with Gasteiger partial charge in [0.15, 0.2) is 6.17 Å². The van der Waals surface area contributed by atoms with Gasteiger partial charge in [0.1, 0.15) is 0 Å². The van der Waals surface area contributed by atoms with E-state index < -0.39 is 17.9 Å². The zero-order valence-electron chi connectivity index (χ0n) is 10.9. The van der Waals surface area contributed by atoms with Gasteiger partial charge >= 0.3 is 6.18 Å². The summed E-state index contributed by atoms with van der Waals surface area (Å²) in [7, 11) is 0. The van der Waals surface area contributed by atoms with Gasteiger partial charge in [0.25, 0.3) is 0 Å². The van der Waals surface area contributed by atoms with Gasteiger partial charge in [-0.2, -0.15) is 13.2 Å². The van der Waals surface area contributed by atoms with E-state index in [9.17, 15) is 13.2 Å². The minimum Gasteiger partial charge on any atom is -0.386 e.